The predicted octanol–water partition coefficient (Wildman–Crippen LogP) is 1.76. The Bertz CT molecular complexity index is 484. The van der Waals surface area contributed by atoms with Gasteiger partial charge in [-0.3, -0.25) is 4.79 Å². The number of nitrogens with zero attached hydrogens (tertiary/aromatic N) is 2. The maximum atomic E-state index is 12.3. The zero-order chi connectivity index (χ0) is 13.3. The number of aromatic nitrogens is 1. The molecule has 0 saturated carbocycles. The number of amides is 1. The van der Waals surface area contributed by atoms with Crippen molar-refractivity contribution < 1.29 is 14.7 Å². The second kappa shape index (κ2) is 5.02. The van der Waals surface area contributed by atoms with Gasteiger partial charge in [0.25, 0.3) is 5.91 Å². The fraction of sp³-hybridized carbons (Fsp3) is 0.500. The Labute approximate surface area is 110 Å². The minimum absolute atomic E-state index is 0.267. The van der Waals surface area contributed by atoms with E-state index in [0.717, 1.165) is 12.8 Å². The minimum Gasteiger partial charge on any atom is -0.480 e. The van der Waals surface area contributed by atoms with Crippen LogP contribution >= 0.6 is 11.6 Å². The highest BCUT2D eigenvalue weighted by atomic mass is 35.5. The first kappa shape index (κ1) is 13.0. The molecular weight excluding hydrogens is 256 g/mol. The first-order valence-electron chi connectivity index (χ1n) is 5.86. The largest absolute Gasteiger partial charge is 0.480 e. The van der Waals surface area contributed by atoms with E-state index in [1.54, 1.807) is 23.9 Å². The molecule has 1 aromatic rings. The van der Waals surface area contributed by atoms with Gasteiger partial charge in [-0.1, -0.05) is 11.6 Å². The van der Waals surface area contributed by atoms with Crippen LogP contribution in [-0.2, 0) is 11.8 Å². The number of carboxylic acids is 1. The summed E-state index contributed by atoms with van der Waals surface area (Å²) < 4.78 is 1.62. The molecule has 1 amide bonds. The van der Waals surface area contributed by atoms with Gasteiger partial charge >= 0.3 is 5.97 Å². The lowest BCUT2D eigenvalue weighted by Crippen LogP contribution is -2.48. The SMILES string of the molecule is Cn1cc(Cl)cc1C(=O)N1CCCC[C@H]1C(=O)O. The van der Waals surface area contributed by atoms with Gasteiger partial charge in [-0.15, -0.1) is 0 Å². The number of aliphatic carboxylic acids is 1. The average Bonchev–Trinajstić information content (AvgIpc) is 2.67. The molecule has 1 saturated heterocycles. The Morgan fingerprint density at radius 1 is 1.44 bits per heavy atom. The van der Waals surface area contributed by atoms with Crippen LogP contribution in [0.5, 0.6) is 0 Å². The molecule has 98 valence electrons. The summed E-state index contributed by atoms with van der Waals surface area (Å²) in [5.74, 6) is -1.21. The van der Waals surface area contributed by atoms with Crippen molar-refractivity contribution in [2.75, 3.05) is 6.54 Å². The smallest absolute Gasteiger partial charge is 0.326 e. The molecule has 5 nitrogen and oxygen atoms in total. The molecule has 1 aromatic heterocycles. The number of carbonyl (C=O) groups is 2. The topological polar surface area (TPSA) is 62.5 Å². The summed E-state index contributed by atoms with van der Waals surface area (Å²) in [5.41, 5.74) is 0.424. The van der Waals surface area contributed by atoms with Crippen molar-refractivity contribution in [1.82, 2.24) is 9.47 Å². The Morgan fingerprint density at radius 2 is 2.17 bits per heavy atom. The van der Waals surface area contributed by atoms with E-state index in [2.05, 4.69) is 0 Å². The van der Waals surface area contributed by atoms with Gasteiger partial charge in [-0.05, 0) is 25.3 Å². The first-order chi connectivity index (χ1) is 8.50. The Balaban J connectivity index is 2.26. The average molecular weight is 271 g/mol. The number of halogens is 1. The number of hydrogen-bond acceptors (Lipinski definition) is 2. The van der Waals surface area contributed by atoms with Crippen molar-refractivity contribution in [3.63, 3.8) is 0 Å². The summed E-state index contributed by atoms with van der Waals surface area (Å²) in [7, 11) is 1.72. The zero-order valence-corrected chi connectivity index (χ0v) is 10.9. The molecule has 1 fully saturated rings. The molecule has 0 aromatic carbocycles. The van der Waals surface area contributed by atoms with Crippen molar-refractivity contribution in [3.05, 3.63) is 23.0 Å². The van der Waals surface area contributed by atoms with Crippen LogP contribution in [0, 0.1) is 0 Å². The van der Waals surface area contributed by atoms with Gasteiger partial charge in [0.2, 0.25) is 0 Å². The molecule has 18 heavy (non-hydrogen) atoms. The quantitative estimate of drug-likeness (QED) is 0.891. The molecule has 1 N–H and O–H groups in total. The van der Waals surface area contributed by atoms with Gasteiger partial charge in [0.1, 0.15) is 11.7 Å². The second-order valence-electron chi connectivity index (χ2n) is 4.50. The lowest BCUT2D eigenvalue weighted by atomic mass is 10.0. The first-order valence-corrected chi connectivity index (χ1v) is 6.24. The van der Waals surface area contributed by atoms with E-state index in [1.807, 2.05) is 0 Å². The lowest BCUT2D eigenvalue weighted by molar-refractivity contribution is -0.143. The lowest BCUT2D eigenvalue weighted by Gasteiger charge is -2.32. The van der Waals surface area contributed by atoms with Crippen LogP contribution in [0.25, 0.3) is 0 Å². The highest BCUT2D eigenvalue weighted by Crippen LogP contribution is 2.21. The van der Waals surface area contributed by atoms with Crippen molar-refractivity contribution in [2.45, 2.75) is 25.3 Å². The molecule has 2 rings (SSSR count). The Morgan fingerprint density at radius 3 is 2.72 bits per heavy atom. The molecule has 0 radical (unpaired) electrons. The second-order valence-corrected chi connectivity index (χ2v) is 4.94. The predicted molar refractivity (Wildman–Crippen MR) is 66.7 cm³/mol. The summed E-state index contributed by atoms with van der Waals surface area (Å²) in [6.07, 6.45) is 3.83. The summed E-state index contributed by atoms with van der Waals surface area (Å²) in [6.45, 7) is 0.485. The highest BCUT2D eigenvalue weighted by molar-refractivity contribution is 6.31. The standard InChI is InChI=1S/C12H15ClN2O3/c1-14-7-8(13)6-10(14)11(16)15-5-3-2-4-9(15)12(17)18/h6-7,9H,2-5H2,1H3,(H,17,18)/t9-/m0/s1. The van der Waals surface area contributed by atoms with E-state index in [0.29, 0.717) is 23.7 Å². The van der Waals surface area contributed by atoms with Gasteiger partial charge in [0.15, 0.2) is 0 Å². The normalized spacial score (nSPS) is 19.9. The summed E-state index contributed by atoms with van der Waals surface area (Å²) >= 11 is 5.84. The number of carboxylic acid groups (broad SMARTS) is 1. The van der Waals surface area contributed by atoms with Crippen LogP contribution in [0.15, 0.2) is 12.3 Å². The molecule has 0 unspecified atom stereocenters. The number of carbonyl (C=O) groups excluding carboxylic acids is 1. The molecule has 2 heterocycles. The molecule has 6 heteroatoms. The van der Waals surface area contributed by atoms with Crippen molar-refractivity contribution in [1.29, 1.82) is 0 Å². The Hall–Kier alpha value is -1.49. The Kier molecular flexibility index (Phi) is 3.61. The zero-order valence-electron chi connectivity index (χ0n) is 10.1. The van der Waals surface area contributed by atoms with Crippen LogP contribution in [0.3, 0.4) is 0 Å². The highest BCUT2D eigenvalue weighted by Gasteiger charge is 2.33. The summed E-state index contributed by atoms with van der Waals surface area (Å²) in [6, 6.07) is 0.845. The third-order valence-corrected chi connectivity index (χ3v) is 3.45. The fourth-order valence-corrected chi connectivity index (χ4v) is 2.57. The van der Waals surface area contributed by atoms with Crippen LogP contribution < -0.4 is 0 Å². The molecule has 1 aliphatic heterocycles. The van der Waals surface area contributed by atoms with Gasteiger partial charge < -0.3 is 14.6 Å². The summed E-state index contributed by atoms with van der Waals surface area (Å²) in [4.78, 5) is 24.9. The third kappa shape index (κ3) is 2.36. The van der Waals surface area contributed by atoms with Crippen molar-refractivity contribution in [2.24, 2.45) is 7.05 Å². The van der Waals surface area contributed by atoms with Crippen molar-refractivity contribution in [3.8, 4) is 0 Å². The molecule has 1 atom stereocenters. The molecule has 0 bridgehead atoms. The van der Waals surface area contributed by atoms with E-state index >= 15 is 0 Å². The van der Waals surface area contributed by atoms with Gasteiger partial charge in [-0.25, -0.2) is 4.79 Å². The minimum atomic E-state index is -0.941. The van der Waals surface area contributed by atoms with Crippen LogP contribution in [0.2, 0.25) is 5.02 Å². The van der Waals surface area contributed by atoms with E-state index in [-0.39, 0.29) is 5.91 Å². The maximum Gasteiger partial charge on any atom is 0.326 e. The number of aryl methyl sites for hydroxylation is 1. The number of hydrogen-bond donors (Lipinski definition) is 1. The molecule has 0 spiro atoms. The molecule has 0 aliphatic carbocycles. The summed E-state index contributed by atoms with van der Waals surface area (Å²) in [5, 5.41) is 9.63. The van der Waals surface area contributed by atoms with Gasteiger partial charge in [0.05, 0.1) is 5.02 Å². The van der Waals surface area contributed by atoms with E-state index in [4.69, 9.17) is 16.7 Å². The van der Waals surface area contributed by atoms with Gasteiger partial charge in [-0.2, -0.15) is 0 Å². The van der Waals surface area contributed by atoms with Crippen LogP contribution in [-0.4, -0.2) is 39.0 Å². The molecular formula is C12H15ClN2O3. The van der Waals surface area contributed by atoms with Crippen LogP contribution in [0.1, 0.15) is 29.8 Å². The van der Waals surface area contributed by atoms with Crippen LogP contribution in [0.4, 0.5) is 0 Å². The number of likely N-dealkylation sites (tertiary alicyclic amines) is 1. The van der Waals surface area contributed by atoms with E-state index in [9.17, 15) is 9.59 Å². The maximum absolute atomic E-state index is 12.3. The monoisotopic (exact) mass is 270 g/mol. The van der Waals surface area contributed by atoms with E-state index < -0.39 is 12.0 Å². The van der Waals surface area contributed by atoms with E-state index in [1.165, 1.54) is 4.90 Å². The fourth-order valence-electron chi connectivity index (χ4n) is 2.32. The number of rotatable bonds is 2. The molecule has 1 aliphatic rings. The third-order valence-electron chi connectivity index (χ3n) is 3.24. The number of piperidine rings is 1. The van der Waals surface area contributed by atoms with Gasteiger partial charge in [0, 0.05) is 19.8 Å². The van der Waals surface area contributed by atoms with Crippen molar-refractivity contribution >= 4 is 23.5 Å².